The number of aromatic nitrogens is 2. The van der Waals surface area contributed by atoms with Crippen molar-refractivity contribution in [1.29, 1.82) is 0 Å². The van der Waals surface area contributed by atoms with Crippen molar-refractivity contribution in [2.75, 3.05) is 13.3 Å². The highest BCUT2D eigenvalue weighted by Crippen LogP contribution is 2.37. The van der Waals surface area contributed by atoms with Crippen molar-refractivity contribution in [3.05, 3.63) is 41.2 Å². The molecule has 3 rings (SSSR count). The number of H-pyrrole nitrogens is 1. The molecule has 12 heteroatoms. The molecule has 1 aromatic carbocycles. The molecule has 0 unspecified atom stereocenters. The van der Waals surface area contributed by atoms with E-state index in [0.29, 0.717) is 37.0 Å². The lowest BCUT2D eigenvalue weighted by Crippen LogP contribution is -2.33. The minimum atomic E-state index is -4.90. The van der Waals surface area contributed by atoms with Crippen LogP contribution in [0.5, 0.6) is 0 Å². The first kappa shape index (κ1) is 20.8. The number of benzene rings is 1. The Morgan fingerprint density at radius 1 is 1.14 bits per heavy atom. The van der Waals surface area contributed by atoms with Crippen molar-refractivity contribution in [2.24, 2.45) is 0 Å². The van der Waals surface area contributed by atoms with Gasteiger partial charge in [-0.15, -0.1) is 0 Å². The molecule has 1 aliphatic rings. The molecule has 0 spiro atoms. The molecular formula is C16H18F3N3O4S2. The molecule has 1 aromatic heterocycles. The van der Waals surface area contributed by atoms with Crippen LogP contribution in [0.3, 0.4) is 0 Å². The summed E-state index contributed by atoms with van der Waals surface area (Å²) in [5.74, 6) is 0. The maximum Gasteiger partial charge on any atom is 0.416 e. The molecule has 0 saturated carbocycles. The van der Waals surface area contributed by atoms with Crippen LogP contribution in [0.4, 0.5) is 13.2 Å². The normalized spacial score (nSPS) is 18.3. The highest BCUT2D eigenvalue weighted by atomic mass is 32.2. The maximum atomic E-state index is 13.2. The molecule has 0 fully saturated rings. The lowest BCUT2D eigenvalue weighted by atomic mass is 9.93. The zero-order valence-electron chi connectivity index (χ0n) is 15.0. The van der Waals surface area contributed by atoms with E-state index in [4.69, 9.17) is 0 Å². The highest BCUT2D eigenvalue weighted by molar-refractivity contribution is 7.91. The molecule has 28 heavy (non-hydrogen) atoms. The van der Waals surface area contributed by atoms with Crippen molar-refractivity contribution < 1.29 is 30.0 Å². The van der Waals surface area contributed by atoms with E-state index in [1.807, 2.05) is 0 Å². The van der Waals surface area contributed by atoms with Crippen molar-refractivity contribution in [3.63, 3.8) is 0 Å². The molecule has 0 aliphatic heterocycles. The van der Waals surface area contributed by atoms with Gasteiger partial charge in [-0.2, -0.15) is 22.6 Å². The number of hydrogen-bond acceptors (Lipinski definition) is 5. The summed E-state index contributed by atoms with van der Waals surface area (Å²) in [4.78, 5) is -1.43. The third-order valence-corrected chi connectivity index (χ3v) is 7.70. The Balaban J connectivity index is 2.12. The van der Waals surface area contributed by atoms with E-state index in [-0.39, 0.29) is 0 Å². The minimum Gasteiger partial charge on any atom is -0.282 e. The van der Waals surface area contributed by atoms with Crippen molar-refractivity contribution in [2.45, 2.75) is 41.3 Å². The second-order valence-electron chi connectivity index (χ2n) is 6.70. The van der Waals surface area contributed by atoms with Gasteiger partial charge in [0, 0.05) is 24.6 Å². The molecule has 0 amide bonds. The minimum absolute atomic E-state index is 0.434. The summed E-state index contributed by atoms with van der Waals surface area (Å²) in [6, 6.07) is 1.04. The number of aromatic amines is 1. The molecule has 0 bridgehead atoms. The van der Waals surface area contributed by atoms with Gasteiger partial charge in [-0.1, -0.05) is 0 Å². The number of nitrogens with one attached hydrogen (secondary N) is 1. The van der Waals surface area contributed by atoms with Gasteiger partial charge >= 0.3 is 6.18 Å². The summed E-state index contributed by atoms with van der Waals surface area (Å²) < 4.78 is 90.3. The first-order valence-corrected chi connectivity index (χ1v) is 11.6. The van der Waals surface area contributed by atoms with Gasteiger partial charge < -0.3 is 0 Å². The van der Waals surface area contributed by atoms with Crippen LogP contribution < -0.4 is 0 Å². The van der Waals surface area contributed by atoms with Crippen LogP contribution in [-0.2, 0) is 32.5 Å². The van der Waals surface area contributed by atoms with E-state index < -0.39 is 47.4 Å². The van der Waals surface area contributed by atoms with Gasteiger partial charge in [0.2, 0.25) is 10.0 Å². The number of fused-ring (bicyclic) bond motifs is 1. The first-order valence-electron chi connectivity index (χ1n) is 8.24. The smallest absolute Gasteiger partial charge is 0.282 e. The van der Waals surface area contributed by atoms with Crippen LogP contribution in [0.15, 0.2) is 34.2 Å². The third-order valence-electron chi connectivity index (χ3n) is 4.77. The van der Waals surface area contributed by atoms with Crippen molar-refractivity contribution in [1.82, 2.24) is 14.5 Å². The highest BCUT2D eigenvalue weighted by Gasteiger charge is 2.37. The van der Waals surface area contributed by atoms with E-state index in [2.05, 4.69) is 10.2 Å². The molecule has 154 valence electrons. The molecule has 1 N–H and O–H groups in total. The second kappa shape index (κ2) is 6.85. The predicted octanol–water partition coefficient (Wildman–Crippen LogP) is 2.53. The number of hydrogen-bond donors (Lipinski definition) is 1. The maximum absolute atomic E-state index is 13.2. The second-order valence-corrected chi connectivity index (χ2v) is 10.7. The molecule has 0 radical (unpaired) electrons. The van der Waals surface area contributed by atoms with E-state index in [1.54, 1.807) is 0 Å². The zero-order chi connectivity index (χ0) is 20.9. The lowest BCUT2D eigenvalue weighted by molar-refractivity contribution is -0.137. The summed E-state index contributed by atoms with van der Waals surface area (Å²) in [5, 5.41) is 6.70. The fraction of sp³-hybridized carbons (Fsp3) is 0.438. The molecule has 0 saturated heterocycles. The van der Waals surface area contributed by atoms with Gasteiger partial charge in [0.25, 0.3) is 0 Å². The van der Waals surface area contributed by atoms with E-state index in [9.17, 15) is 30.0 Å². The summed E-state index contributed by atoms with van der Waals surface area (Å²) >= 11 is 0. The molecule has 1 atom stereocenters. The topological polar surface area (TPSA) is 100 Å². The number of rotatable bonds is 4. The Bertz CT molecular complexity index is 1110. The van der Waals surface area contributed by atoms with Crippen LogP contribution in [0.25, 0.3) is 0 Å². The largest absolute Gasteiger partial charge is 0.416 e. The van der Waals surface area contributed by atoms with Crippen LogP contribution in [0.2, 0.25) is 0 Å². The van der Waals surface area contributed by atoms with E-state index in [0.717, 1.165) is 22.3 Å². The first-order chi connectivity index (χ1) is 12.8. The lowest BCUT2D eigenvalue weighted by Gasteiger charge is -2.30. The van der Waals surface area contributed by atoms with Gasteiger partial charge in [0.15, 0.2) is 9.84 Å². The summed E-state index contributed by atoms with van der Waals surface area (Å²) in [6.45, 7) is 0. The van der Waals surface area contributed by atoms with Gasteiger partial charge in [-0.05, 0) is 37.5 Å². The Morgan fingerprint density at radius 2 is 1.79 bits per heavy atom. The summed E-state index contributed by atoms with van der Waals surface area (Å²) in [6.07, 6.45) is -0.828. The number of sulfone groups is 1. The molecule has 1 aliphatic carbocycles. The predicted molar refractivity (Wildman–Crippen MR) is 93.8 cm³/mol. The number of alkyl halides is 3. The van der Waals surface area contributed by atoms with Crippen LogP contribution in [0, 0.1) is 0 Å². The van der Waals surface area contributed by atoms with E-state index in [1.165, 1.54) is 13.2 Å². The summed E-state index contributed by atoms with van der Waals surface area (Å²) in [7, 11) is -7.19. The number of sulfonamides is 1. The van der Waals surface area contributed by atoms with Crippen molar-refractivity contribution >= 4 is 19.9 Å². The zero-order valence-corrected chi connectivity index (χ0v) is 16.6. The number of nitrogens with zero attached hydrogens (tertiary/aromatic N) is 2. The molecule has 2 aromatic rings. The Hall–Kier alpha value is -1.92. The molecular weight excluding hydrogens is 419 g/mol. The van der Waals surface area contributed by atoms with Crippen molar-refractivity contribution in [3.8, 4) is 0 Å². The Labute approximate surface area is 160 Å². The van der Waals surface area contributed by atoms with Crippen LogP contribution in [-0.4, -0.2) is 44.6 Å². The average Bonchev–Trinajstić information content (AvgIpc) is 3.07. The van der Waals surface area contributed by atoms with Gasteiger partial charge in [-0.25, -0.2) is 16.8 Å². The number of aryl methyl sites for hydroxylation is 1. The average molecular weight is 437 g/mol. The Morgan fingerprint density at radius 3 is 2.39 bits per heavy atom. The van der Waals surface area contributed by atoms with E-state index >= 15 is 0 Å². The van der Waals surface area contributed by atoms with Gasteiger partial charge in [0.1, 0.15) is 0 Å². The molecule has 7 nitrogen and oxygen atoms in total. The van der Waals surface area contributed by atoms with Crippen LogP contribution in [0.1, 0.15) is 35.7 Å². The van der Waals surface area contributed by atoms with Gasteiger partial charge in [0.05, 0.1) is 27.6 Å². The fourth-order valence-corrected chi connectivity index (χ4v) is 5.44. The summed E-state index contributed by atoms with van der Waals surface area (Å²) in [5.41, 5.74) is 0.0989. The Kier molecular flexibility index (Phi) is 5.09. The quantitative estimate of drug-likeness (QED) is 0.792. The van der Waals surface area contributed by atoms with Crippen LogP contribution >= 0.6 is 0 Å². The monoisotopic (exact) mass is 437 g/mol. The SMILES string of the molecule is CN([C@@H]1CCCc2[nH]ncc21)S(=O)(=O)c1cc(C(F)(F)F)cc(S(C)(=O)=O)c1. The third kappa shape index (κ3) is 3.80. The van der Waals surface area contributed by atoms with Gasteiger partial charge in [-0.3, -0.25) is 5.10 Å². The standard InChI is InChI=1S/C16H18F3N3O4S2/c1-22(15-5-3-4-14-13(15)9-20-21-14)28(25,26)12-7-10(16(17,18)19)6-11(8-12)27(2,23)24/h6-9,15H,3-5H2,1-2H3,(H,20,21)/t15-/m1/s1. The number of halogens is 3. The fourth-order valence-electron chi connectivity index (χ4n) is 3.25. The molecule has 1 heterocycles.